The molecule has 3 aromatic rings. The number of nitrogens with zero attached hydrogens (tertiary/aromatic N) is 2. The number of alkyl halides is 3. The first-order chi connectivity index (χ1) is 25.4. The largest absolute Gasteiger partial charge is 0.490 e. The van der Waals surface area contributed by atoms with Crippen molar-refractivity contribution in [1.29, 1.82) is 0 Å². The summed E-state index contributed by atoms with van der Waals surface area (Å²) in [6, 6.07) is 15.7. The van der Waals surface area contributed by atoms with Crippen LogP contribution in [0.3, 0.4) is 0 Å². The maximum Gasteiger partial charge on any atom is 0.416 e. The number of ether oxygens (including phenoxy) is 2. The molecular formula is C43H45F3N2O6. The van der Waals surface area contributed by atoms with E-state index in [1.54, 1.807) is 25.1 Å². The molecule has 0 saturated carbocycles. The van der Waals surface area contributed by atoms with Crippen molar-refractivity contribution >= 4 is 17.3 Å². The molecule has 1 aliphatic heterocycles. The van der Waals surface area contributed by atoms with Gasteiger partial charge in [0.15, 0.2) is 23.1 Å². The Morgan fingerprint density at radius 2 is 1.52 bits per heavy atom. The van der Waals surface area contributed by atoms with Gasteiger partial charge < -0.3 is 14.4 Å². The number of carbonyl (C=O) groups excluding carboxylic acids is 2. The van der Waals surface area contributed by atoms with Crippen LogP contribution in [0.15, 0.2) is 95.9 Å². The molecule has 6 rings (SSSR count). The van der Waals surface area contributed by atoms with Gasteiger partial charge in [0.2, 0.25) is 5.75 Å². The van der Waals surface area contributed by atoms with Gasteiger partial charge >= 0.3 is 11.9 Å². The molecule has 0 atom stereocenters. The molecule has 284 valence electrons. The Balaban J connectivity index is 1.55. The number of rotatable bonds is 11. The van der Waals surface area contributed by atoms with Crippen LogP contribution in [0.25, 0.3) is 0 Å². The van der Waals surface area contributed by atoms with E-state index in [4.69, 9.17) is 9.47 Å². The van der Waals surface area contributed by atoms with Crippen LogP contribution >= 0.6 is 0 Å². The van der Waals surface area contributed by atoms with Gasteiger partial charge in [-0.15, -0.1) is 6.58 Å². The summed E-state index contributed by atoms with van der Waals surface area (Å²) in [5, 5.41) is 12.0. The van der Waals surface area contributed by atoms with Crippen molar-refractivity contribution in [3.63, 3.8) is 0 Å². The van der Waals surface area contributed by atoms with Crippen LogP contribution in [-0.2, 0) is 28.6 Å². The third kappa shape index (κ3) is 7.72. The highest BCUT2D eigenvalue weighted by molar-refractivity contribution is 6.07. The molecule has 1 heterocycles. The second-order valence-corrected chi connectivity index (χ2v) is 15.9. The van der Waals surface area contributed by atoms with E-state index in [1.807, 2.05) is 18.2 Å². The van der Waals surface area contributed by atoms with Crippen molar-refractivity contribution in [2.45, 2.75) is 85.2 Å². The molecule has 0 saturated heterocycles. The zero-order valence-corrected chi connectivity index (χ0v) is 31.3. The Hall–Kier alpha value is -5.19. The summed E-state index contributed by atoms with van der Waals surface area (Å²) < 4.78 is 52.7. The van der Waals surface area contributed by atoms with Crippen LogP contribution < -0.4 is 9.47 Å². The van der Waals surface area contributed by atoms with Crippen LogP contribution in [0.2, 0.25) is 0 Å². The third-order valence-electron chi connectivity index (χ3n) is 10.3. The van der Waals surface area contributed by atoms with E-state index in [1.165, 1.54) is 0 Å². The van der Waals surface area contributed by atoms with Crippen LogP contribution in [-0.4, -0.2) is 34.5 Å². The Kier molecular flexibility index (Phi) is 10.4. The first-order valence-corrected chi connectivity index (χ1v) is 18.2. The minimum atomic E-state index is -4.80. The summed E-state index contributed by atoms with van der Waals surface area (Å²) in [7, 11) is 0. The smallest absolute Gasteiger partial charge is 0.416 e. The topological polar surface area (TPSA) is 99.0 Å². The summed E-state index contributed by atoms with van der Waals surface area (Å²) in [5.41, 5.74) is 2.52. The van der Waals surface area contributed by atoms with Gasteiger partial charge in [0.25, 0.3) is 0 Å². The van der Waals surface area contributed by atoms with Crippen LogP contribution in [0, 0.1) is 20.9 Å². The number of hydrogen-bond donors (Lipinski definition) is 0. The van der Waals surface area contributed by atoms with Gasteiger partial charge in [-0.05, 0) is 72.8 Å². The first-order valence-electron chi connectivity index (χ1n) is 18.2. The van der Waals surface area contributed by atoms with E-state index in [2.05, 4.69) is 51.3 Å². The molecule has 11 heteroatoms. The molecule has 0 unspecified atom stereocenters. The molecule has 0 fully saturated rings. The SMILES string of the molecule is C=CCc1cc(C2C3=C(CC(C)(C)CC3=O)N(CCc3ccccc3)C3=C2C(=O)CC(C)(C)C3)cc(OCC)c1Oc1ccc(C(F)(F)F)cc1[N+](=O)[O-]. The number of ketones is 2. The molecule has 0 radical (unpaired) electrons. The zero-order chi connectivity index (χ0) is 39.2. The predicted octanol–water partition coefficient (Wildman–Crippen LogP) is 10.5. The average molecular weight is 743 g/mol. The van der Waals surface area contributed by atoms with E-state index >= 15 is 0 Å². The van der Waals surface area contributed by atoms with Crippen molar-refractivity contribution in [2.75, 3.05) is 13.2 Å². The molecule has 3 aliphatic rings. The van der Waals surface area contributed by atoms with Gasteiger partial charge in [0, 0.05) is 59.5 Å². The van der Waals surface area contributed by atoms with E-state index in [0.717, 1.165) is 29.1 Å². The van der Waals surface area contributed by atoms with Gasteiger partial charge in [-0.25, -0.2) is 0 Å². The highest BCUT2D eigenvalue weighted by atomic mass is 19.4. The summed E-state index contributed by atoms with van der Waals surface area (Å²) >= 11 is 0. The van der Waals surface area contributed by atoms with Gasteiger partial charge in [-0.1, -0.05) is 70.2 Å². The van der Waals surface area contributed by atoms with Gasteiger partial charge in [0.05, 0.1) is 17.1 Å². The molecule has 0 bridgehead atoms. The molecule has 54 heavy (non-hydrogen) atoms. The van der Waals surface area contributed by atoms with Gasteiger partial charge in [0.1, 0.15) is 0 Å². The number of nitro groups is 1. The normalized spacial score (nSPS) is 18.3. The van der Waals surface area contributed by atoms with Gasteiger partial charge in [-0.3, -0.25) is 19.7 Å². The minimum absolute atomic E-state index is 0.0379. The lowest BCUT2D eigenvalue weighted by Crippen LogP contribution is -2.45. The molecule has 3 aromatic carbocycles. The Labute approximate surface area is 313 Å². The predicted molar refractivity (Wildman–Crippen MR) is 199 cm³/mol. The van der Waals surface area contributed by atoms with Crippen molar-refractivity contribution in [2.24, 2.45) is 10.8 Å². The summed E-state index contributed by atoms with van der Waals surface area (Å²) in [6.45, 7) is 14.7. The van der Waals surface area contributed by atoms with E-state index in [0.29, 0.717) is 67.0 Å². The molecule has 8 nitrogen and oxygen atoms in total. The van der Waals surface area contributed by atoms with Crippen LogP contribution in [0.5, 0.6) is 17.2 Å². The van der Waals surface area contributed by atoms with Crippen molar-refractivity contribution < 1.29 is 37.2 Å². The maximum absolute atomic E-state index is 14.5. The van der Waals surface area contributed by atoms with E-state index < -0.39 is 34.0 Å². The van der Waals surface area contributed by atoms with Crippen molar-refractivity contribution in [3.05, 3.63) is 128 Å². The number of carbonyl (C=O) groups is 2. The summed E-state index contributed by atoms with van der Waals surface area (Å²) in [6.07, 6.45) is -0.446. The lowest BCUT2D eigenvalue weighted by atomic mass is 9.63. The molecule has 0 N–H and O–H groups in total. The average Bonchev–Trinajstić information content (AvgIpc) is 3.07. The number of halogens is 3. The fourth-order valence-electron chi connectivity index (χ4n) is 8.11. The monoisotopic (exact) mass is 742 g/mol. The van der Waals surface area contributed by atoms with Crippen molar-refractivity contribution in [1.82, 2.24) is 4.90 Å². The highest BCUT2D eigenvalue weighted by Gasteiger charge is 2.49. The molecule has 2 aliphatic carbocycles. The number of hydrogen-bond acceptors (Lipinski definition) is 7. The molecule has 0 spiro atoms. The number of nitro benzene ring substituents is 1. The minimum Gasteiger partial charge on any atom is -0.490 e. The van der Waals surface area contributed by atoms with E-state index in [9.17, 15) is 32.9 Å². The Bertz CT molecular complexity index is 2030. The number of Topliss-reactive ketones (excluding diaryl/α,β-unsaturated/α-hetero) is 2. The maximum atomic E-state index is 14.5. The molecular weight excluding hydrogens is 697 g/mol. The summed E-state index contributed by atoms with van der Waals surface area (Å²) in [4.78, 5) is 42.2. The standard InChI is InChI=1S/C43H45F3N2O6/c1-7-12-27-19-28(20-36(53-8-2)40(27)54-35-16-15-29(43(44,45)46)21-30(35)48(51)52)37-38-31(22-41(3,4)24-33(38)49)47(18-17-26-13-10-9-11-14-26)32-23-42(5,6)25-34(50)39(32)37/h7,9-11,13-16,19-21,37H,1,8,12,17-18,22-25H2,2-6H3. The lowest BCUT2D eigenvalue weighted by Gasteiger charge is -2.49. The zero-order valence-electron chi connectivity index (χ0n) is 31.3. The Morgan fingerprint density at radius 1 is 0.907 bits per heavy atom. The number of benzene rings is 3. The van der Waals surface area contributed by atoms with E-state index in [-0.39, 0.29) is 46.9 Å². The van der Waals surface area contributed by atoms with Crippen molar-refractivity contribution in [3.8, 4) is 17.2 Å². The van der Waals surface area contributed by atoms with Gasteiger partial charge in [-0.2, -0.15) is 13.2 Å². The number of allylic oxidation sites excluding steroid dienone is 5. The lowest BCUT2D eigenvalue weighted by molar-refractivity contribution is -0.385. The molecule has 0 aromatic heterocycles. The quantitative estimate of drug-likeness (QED) is 0.110. The first kappa shape index (κ1) is 38.5. The van der Waals surface area contributed by atoms with Crippen LogP contribution in [0.1, 0.15) is 88.5 Å². The van der Waals surface area contributed by atoms with Crippen LogP contribution in [0.4, 0.5) is 18.9 Å². The third-order valence-corrected chi connectivity index (χ3v) is 10.3. The Morgan fingerprint density at radius 3 is 2.06 bits per heavy atom. The fraction of sp³-hybridized carbons (Fsp3) is 0.395. The second kappa shape index (κ2) is 14.6. The molecule has 0 amide bonds. The summed E-state index contributed by atoms with van der Waals surface area (Å²) in [5.74, 6) is -0.952. The highest BCUT2D eigenvalue weighted by Crippen LogP contribution is 2.55. The second-order valence-electron chi connectivity index (χ2n) is 15.9. The fourth-order valence-corrected chi connectivity index (χ4v) is 8.11.